The number of thiophene rings is 1. The van der Waals surface area contributed by atoms with E-state index >= 15 is 0 Å². The van der Waals surface area contributed by atoms with Gasteiger partial charge in [0.1, 0.15) is 11.9 Å². The highest BCUT2D eigenvalue weighted by molar-refractivity contribution is 7.17. The average Bonchev–Trinajstić information content (AvgIpc) is 2.95. The van der Waals surface area contributed by atoms with E-state index in [0.717, 1.165) is 15.6 Å². The molecule has 0 radical (unpaired) electrons. The number of aliphatic hydroxyl groups is 1. The number of H-pyrrole nitrogens is 1. The maximum Gasteiger partial charge on any atom is 0.125 e. The third-order valence-electron chi connectivity index (χ3n) is 2.80. The summed E-state index contributed by atoms with van der Waals surface area (Å²) >= 11 is 1.61. The van der Waals surface area contributed by atoms with E-state index < -0.39 is 6.10 Å². The minimum absolute atomic E-state index is 0.408. The molecule has 1 aromatic carbocycles. The number of aromatic amines is 1. The molecular formula is C12H11N3OS. The zero-order chi connectivity index (χ0) is 11.8. The molecule has 0 saturated carbocycles. The second kappa shape index (κ2) is 3.87. The van der Waals surface area contributed by atoms with E-state index in [1.54, 1.807) is 17.5 Å². The molecule has 0 aliphatic heterocycles. The Morgan fingerprint density at radius 1 is 1.29 bits per heavy atom. The van der Waals surface area contributed by atoms with Gasteiger partial charge in [0.05, 0.1) is 6.20 Å². The summed E-state index contributed by atoms with van der Waals surface area (Å²) in [6.45, 7) is 0. The van der Waals surface area contributed by atoms with Crippen LogP contribution in [0.4, 0.5) is 5.82 Å². The van der Waals surface area contributed by atoms with Gasteiger partial charge in [-0.2, -0.15) is 5.10 Å². The van der Waals surface area contributed by atoms with E-state index in [9.17, 15) is 5.11 Å². The van der Waals surface area contributed by atoms with Gasteiger partial charge < -0.3 is 10.8 Å². The Hall–Kier alpha value is -1.85. The quantitative estimate of drug-likeness (QED) is 0.648. The van der Waals surface area contributed by atoms with Crippen molar-refractivity contribution in [1.82, 2.24) is 10.2 Å². The Balaban J connectivity index is 2.15. The molecule has 2 heterocycles. The molecule has 3 rings (SSSR count). The summed E-state index contributed by atoms with van der Waals surface area (Å²) in [6.07, 6.45) is 0.822. The molecule has 1 unspecified atom stereocenters. The van der Waals surface area contributed by atoms with Crippen LogP contribution in [0.5, 0.6) is 0 Å². The molecule has 0 saturated heterocycles. The van der Waals surface area contributed by atoms with Crippen LogP contribution in [0, 0.1) is 0 Å². The fourth-order valence-corrected chi connectivity index (χ4v) is 2.86. The molecule has 1 atom stereocenters. The number of nitrogens with zero attached hydrogens (tertiary/aromatic N) is 1. The van der Waals surface area contributed by atoms with Gasteiger partial charge >= 0.3 is 0 Å². The van der Waals surface area contributed by atoms with Crippen LogP contribution in [0.15, 0.2) is 35.8 Å². The molecule has 4 nitrogen and oxygen atoms in total. The predicted molar refractivity (Wildman–Crippen MR) is 68.9 cm³/mol. The lowest BCUT2D eigenvalue weighted by Gasteiger charge is -2.10. The van der Waals surface area contributed by atoms with Gasteiger partial charge in [-0.15, -0.1) is 11.3 Å². The van der Waals surface area contributed by atoms with Gasteiger partial charge in [0.2, 0.25) is 0 Å². The van der Waals surface area contributed by atoms with Crippen molar-refractivity contribution in [3.63, 3.8) is 0 Å². The van der Waals surface area contributed by atoms with E-state index in [0.29, 0.717) is 11.4 Å². The largest absolute Gasteiger partial charge is 0.384 e. The van der Waals surface area contributed by atoms with Gasteiger partial charge in [-0.05, 0) is 16.8 Å². The number of nitrogen functional groups attached to an aromatic ring is 1. The molecule has 0 aliphatic carbocycles. The molecule has 0 amide bonds. The highest BCUT2D eigenvalue weighted by Crippen LogP contribution is 2.33. The number of hydrogen-bond acceptors (Lipinski definition) is 4. The van der Waals surface area contributed by atoms with Gasteiger partial charge in [-0.3, -0.25) is 5.10 Å². The van der Waals surface area contributed by atoms with Crippen molar-refractivity contribution in [3.8, 4) is 0 Å². The van der Waals surface area contributed by atoms with Crippen LogP contribution in [0.3, 0.4) is 0 Å². The Kier molecular flexibility index (Phi) is 2.35. The normalized spacial score (nSPS) is 13.0. The molecule has 0 bridgehead atoms. The number of anilines is 1. The molecule has 4 N–H and O–H groups in total. The van der Waals surface area contributed by atoms with E-state index in [1.165, 1.54) is 0 Å². The first kappa shape index (κ1) is 10.3. The summed E-state index contributed by atoms with van der Waals surface area (Å²) in [5, 5.41) is 20.0. The van der Waals surface area contributed by atoms with Crippen LogP contribution in [-0.4, -0.2) is 15.3 Å². The van der Waals surface area contributed by atoms with E-state index in [4.69, 9.17) is 5.73 Å². The SMILES string of the molecule is Nc1[nH]ncc1C(O)c1cccc2ccsc12. The molecule has 3 aromatic rings. The first-order valence-electron chi connectivity index (χ1n) is 5.20. The number of aliphatic hydroxyl groups excluding tert-OH is 1. The maximum atomic E-state index is 10.3. The Morgan fingerprint density at radius 2 is 2.18 bits per heavy atom. The Morgan fingerprint density at radius 3 is 2.94 bits per heavy atom. The second-order valence-corrected chi connectivity index (χ2v) is 4.74. The predicted octanol–water partition coefficient (Wildman–Crippen LogP) is 2.29. The van der Waals surface area contributed by atoms with Crippen molar-refractivity contribution in [2.24, 2.45) is 0 Å². The zero-order valence-corrected chi connectivity index (χ0v) is 9.74. The smallest absolute Gasteiger partial charge is 0.125 e. The van der Waals surface area contributed by atoms with Crippen molar-refractivity contribution in [3.05, 3.63) is 47.0 Å². The lowest BCUT2D eigenvalue weighted by atomic mass is 10.0. The van der Waals surface area contributed by atoms with Crippen LogP contribution in [0.25, 0.3) is 10.1 Å². The third-order valence-corrected chi connectivity index (χ3v) is 3.78. The first-order chi connectivity index (χ1) is 8.27. The molecule has 5 heteroatoms. The van der Waals surface area contributed by atoms with E-state index in [2.05, 4.69) is 10.2 Å². The first-order valence-corrected chi connectivity index (χ1v) is 6.08. The highest BCUT2D eigenvalue weighted by atomic mass is 32.1. The molecule has 86 valence electrons. The lowest BCUT2D eigenvalue weighted by molar-refractivity contribution is 0.223. The topological polar surface area (TPSA) is 74.9 Å². The maximum absolute atomic E-state index is 10.3. The number of fused-ring (bicyclic) bond motifs is 1. The van der Waals surface area contributed by atoms with Crippen molar-refractivity contribution in [2.75, 3.05) is 5.73 Å². The van der Waals surface area contributed by atoms with E-state index in [-0.39, 0.29) is 0 Å². The monoisotopic (exact) mass is 245 g/mol. The van der Waals surface area contributed by atoms with Gasteiger partial charge in [0.25, 0.3) is 0 Å². The summed E-state index contributed by atoms with van der Waals surface area (Å²) in [5.41, 5.74) is 7.21. The van der Waals surface area contributed by atoms with Gasteiger partial charge in [-0.1, -0.05) is 18.2 Å². The van der Waals surface area contributed by atoms with Gasteiger partial charge in [0.15, 0.2) is 0 Å². The lowest BCUT2D eigenvalue weighted by Crippen LogP contribution is -2.02. The molecular weight excluding hydrogens is 234 g/mol. The van der Waals surface area contributed by atoms with Crippen molar-refractivity contribution < 1.29 is 5.11 Å². The number of hydrogen-bond donors (Lipinski definition) is 3. The summed E-state index contributed by atoms with van der Waals surface area (Å²) < 4.78 is 1.08. The van der Waals surface area contributed by atoms with Crippen molar-refractivity contribution >= 4 is 27.2 Å². The minimum atomic E-state index is -0.740. The van der Waals surface area contributed by atoms with Crippen LogP contribution >= 0.6 is 11.3 Å². The number of nitrogens with one attached hydrogen (secondary N) is 1. The highest BCUT2D eigenvalue weighted by Gasteiger charge is 2.17. The second-order valence-electron chi connectivity index (χ2n) is 3.83. The summed E-state index contributed by atoms with van der Waals surface area (Å²) in [6, 6.07) is 7.91. The summed E-state index contributed by atoms with van der Waals surface area (Å²) in [4.78, 5) is 0. The van der Waals surface area contributed by atoms with Crippen LogP contribution < -0.4 is 5.73 Å². The minimum Gasteiger partial charge on any atom is -0.384 e. The zero-order valence-electron chi connectivity index (χ0n) is 8.92. The number of nitrogens with two attached hydrogens (primary N) is 1. The van der Waals surface area contributed by atoms with Crippen LogP contribution in [0.1, 0.15) is 17.2 Å². The van der Waals surface area contributed by atoms with Crippen LogP contribution in [-0.2, 0) is 0 Å². The summed E-state index contributed by atoms with van der Waals surface area (Å²) in [7, 11) is 0. The fraction of sp³-hybridized carbons (Fsp3) is 0.0833. The number of aromatic nitrogens is 2. The Labute approximate surface area is 102 Å². The third kappa shape index (κ3) is 1.60. The molecule has 0 aliphatic rings. The van der Waals surface area contributed by atoms with Crippen LogP contribution in [0.2, 0.25) is 0 Å². The molecule has 2 aromatic heterocycles. The Bertz CT molecular complexity index is 658. The summed E-state index contributed by atoms with van der Waals surface area (Å²) in [5.74, 6) is 0.408. The fourth-order valence-electron chi connectivity index (χ4n) is 1.92. The number of benzene rings is 1. The van der Waals surface area contributed by atoms with Crippen molar-refractivity contribution in [1.29, 1.82) is 0 Å². The van der Waals surface area contributed by atoms with Crippen molar-refractivity contribution in [2.45, 2.75) is 6.10 Å². The molecule has 17 heavy (non-hydrogen) atoms. The van der Waals surface area contributed by atoms with E-state index in [1.807, 2.05) is 29.6 Å². The standard InChI is InChI=1S/C12H11N3OS/c13-12-9(6-14-15-12)10(16)8-3-1-2-7-4-5-17-11(7)8/h1-6,10,16H,(H3,13,14,15). The molecule has 0 spiro atoms. The average molecular weight is 245 g/mol. The van der Waals surface area contributed by atoms with Gasteiger partial charge in [0, 0.05) is 15.8 Å². The molecule has 0 fully saturated rings. The van der Waals surface area contributed by atoms with Gasteiger partial charge in [-0.25, -0.2) is 0 Å². The number of rotatable bonds is 2.